The zero-order chi connectivity index (χ0) is 10.1. The van der Waals surface area contributed by atoms with Gasteiger partial charge in [0.15, 0.2) is 0 Å². The van der Waals surface area contributed by atoms with Crippen molar-refractivity contribution in [3.8, 4) is 0 Å². The van der Waals surface area contributed by atoms with Crippen molar-refractivity contribution in [1.29, 1.82) is 0 Å². The van der Waals surface area contributed by atoms with E-state index in [1.165, 1.54) is 0 Å². The van der Waals surface area contributed by atoms with Crippen LogP contribution >= 0.6 is 0 Å². The smallest absolute Gasteiger partial charge is 0.328 e. The summed E-state index contributed by atoms with van der Waals surface area (Å²) in [5, 5.41) is 9.68. The second kappa shape index (κ2) is 3.61. The topological polar surface area (TPSA) is 47.2 Å². The van der Waals surface area contributed by atoms with Crippen molar-refractivity contribution in [2.45, 2.75) is 39.0 Å². The van der Waals surface area contributed by atoms with E-state index >= 15 is 0 Å². The number of aliphatic hydroxyl groups is 1. The lowest BCUT2D eigenvalue weighted by Crippen LogP contribution is -2.28. The Morgan fingerprint density at radius 1 is 1.50 bits per heavy atom. The summed E-state index contributed by atoms with van der Waals surface area (Å²) in [7, 11) is 0. The van der Waals surface area contributed by atoms with Gasteiger partial charge >= 0.3 is 5.69 Å². The molecule has 1 aliphatic rings. The zero-order valence-corrected chi connectivity index (χ0v) is 8.39. The van der Waals surface area contributed by atoms with Gasteiger partial charge in [0.05, 0.1) is 12.6 Å². The fourth-order valence-corrected chi connectivity index (χ4v) is 1.66. The number of aromatic nitrogens is 2. The van der Waals surface area contributed by atoms with Gasteiger partial charge in [-0.2, -0.15) is 0 Å². The average molecular weight is 196 g/mol. The van der Waals surface area contributed by atoms with Crippen molar-refractivity contribution in [1.82, 2.24) is 9.13 Å². The standard InChI is InChI=1S/C10H16N2O2/c1-2-11-5-6-12(10(11)14)7-9(13)8-3-4-8/h5-6,8-9,13H,2-4,7H2,1H3. The number of nitrogens with zero attached hydrogens (tertiary/aromatic N) is 2. The Labute approximate surface area is 82.8 Å². The number of hydrogen-bond acceptors (Lipinski definition) is 2. The van der Waals surface area contributed by atoms with Crippen LogP contribution in [-0.4, -0.2) is 20.3 Å². The molecule has 1 aliphatic carbocycles. The molecule has 4 heteroatoms. The molecule has 1 fully saturated rings. The Morgan fingerprint density at radius 3 is 2.64 bits per heavy atom. The van der Waals surface area contributed by atoms with E-state index in [4.69, 9.17) is 0 Å². The van der Waals surface area contributed by atoms with Crippen molar-refractivity contribution < 1.29 is 5.11 Å². The van der Waals surface area contributed by atoms with E-state index in [2.05, 4.69) is 0 Å². The molecule has 1 aromatic rings. The van der Waals surface area contributed by atoms with Gasteiger partial charge in [-0.1, -0.05) is 0 Å². The van der Waals surface area contributed by atoms with Crippen molar-refractivity contribution >= 4 is 0 Å². The van der Waals surface area contributed by atoms with E-state index in [9.17, 15) is 9.90 Å². The van der Waals surface area contributed by atoms with E-state index in [0.717, 1.165) is 12.8 Å². The Balaban J connectivity index is 2.08. The van der Waals surface area contributed by atoms with Crippen molar-refractivity contribution in [2.75, 3.05) is 0 Å². The van der Waals surface area contributed by atoms with Gasteiger partial charge in [0.25, 0.3) is 0 Å². The summed E-state index contributed by atoms with van der Waals surface area (Å²) in [5.74, 6) is 0.423. The first-order valence-electron chi connectivity index (χ1n) is 5.16. The molecule has 1 heterocycles. The summed E-state index contributed by atoms with van der Waals surface area (Å²) in [6.07, 6.45) is 5.37. The first kappa shape index (κ1) is 9.52. The van der Waals surface area contributed by atoms with E-state index < -0.39 is 0 Å². The lowest BCUT2D eigenvalue weighted by atomic mass is 10.2. The third-order valence-electron chi connectivity index (χ3n) is 2.81. The molecule has 2 rings (SSSR count). The fourth-order valence-electron chi connectivity index (χ4n) is 1.66. The molecule has 1 atom stereocenters. The number of hydrogen-bond donors (Lipinski definition) is 1. The zero-order valence-electron chi connectivity index (χ0n) is 8.39. The number of aliphatic hydroxyl groups excluding tert-OH is 1. The molecule has 1 N–H and O–H groups in total. The predicted molar refractivity (Wildman–Crippen MR) is 53.1 cm³/mol. The van der Waals surface area contributed by atoms with Crippen LogP contribution in [0.1, 0.15) is 19.8 Å². The Hall–Kier alpha value is -1.03. The van der Waals surface area contributed by atoms with Crippen LogP contribution in [-0.2, 0) is 13.1 Å². The van der Waals surface area contributed by atoms with Gasteiger partial charge in [0.1, 0.15) is 0 Å². The van der Waals surface area contributed by atoms with E-state index in [-0.39, 0.29) is 11.8 Å². The van der Waals surface area contributed by atoms with Crippen LogP contribution in [0.5, 0.6) is 0 Å². The van der Waals surface area contributed by atoms with Gasteiger partial charge in [-0.15, -0.1) is 0 Å². The molecule has 1 saturated carbocycles. The highest BCUT2D eigenvalue weighted by Crippen LogP contribution is 2.32. The number of aryl methyl sites for hydroxylation is 1. The van der Waals surface area contributed by atoms with Gasteiger partial charge < -0.3 is 5.11 Å². The molecular weight excluding hydrogens is 180 g/mol. The summed E-state index contributed by atoms with van der Waals surface area (Å²) in [5.41, 5.74) is -0.0211. The largest absolute Gasteiger partial charge is 0.391 e. The monoisotopic (exact) mass is 196 g/mol. The molecule has 78 valence electrons. The maximum absolute atomic E-state index is 11.6. The molecule has 1 aromatic heterocycles. The molecule has 4 nitrogen and oxygen atoms in total. The summed E-state index contributed by atoms with van der Waals surface area (Å²) < 4.78 is 3.23. The molecule has 14 heavy (non-hydrogen) atoms. The third kappa shape index (κ3) is 1.75. The normalized spacial score (nSPS) is 18.4. The van der Waals surface area contributed by atoms with E-state index in [1.807, 2.05) is 6.92 Å². The van der Waals surface area contributed by atoms with Crippen LogP contribution in [0, 0.1) is 5.92 Å². The number of imidazole rings is 1. The minimum atomic E-state index is -0.347. The highest BCUT2D eigenvalue weighted by Gasteiger charge is 2.30. The molecule has 1 unspecified atom stereocenters. The molecule has 0 aromatic carbocycles. The van der Waals surface area contributed by atoms with Gasteiger partial charge in [-0.05, 0) is 25.7 Å². The lowest BCUT2D eigenvalue weighted by Gasteiger charge is -2.08. The van der Waals surface area contributed by atoms with Crippen LogP contribution in [0.3, 0.4) is 0 Å². The maximum atomic E-state index is 11.6. The van der Waals surface area contributed by atoms with Gasteiger partial charge in [0.2, 0.25) is 0 Å². The molecule has 0 aliphatic heterocycles. The number of rotatable bonds is 4. The molecule has 0 spiro atoms. The highest BCUT2D eigenvalue weighted by molar-refractivity contribution is 4.86. The second-order valence-corrected chi connectivity index (χ2v) is 3.92. The predicted octanol–water partition coefficient (Wildman–Crippen LogP) is 0.441. The van der Waals surface area contributed by atoms with Gasteiger partial charge in [-0.3, -0.25) is 9.13 Å². The molecule has 0 amide bonds. The van der Waals surface area contributed by atoms with Crippen LogP contribution in [0.25, 0.3) is 0 Å². The summed E-state index contributed by atoms with van der Waals surface area (Å²) in [6.45, 7) is 3.06. The Morgan fingerprint density at radius 2 is 2.14 bits per heavy atom. The molecule has 0 radical (unpaired) electrons. The van der Waals surface area contributed by atoms with Crippen molar-refractivity contribution in [3.63, 3.8) is 0 Å². The summed E-state index contributed by atoms with van der Waals surface area (Å²) >= 11 is 0. The third-order valence-corrected chi connectivity index (χ3v) is 2.81. The minimum Gasteiger partial charge on any atom is -0.391 e. The Bertz CT molecular complexity index is 362. The summed E-state index contributed by atoms with van der Waals surface area (Å²) in [6, 6.07) is 0. The van der Waals surface area contributed by atoms with Crippen LogP contribution in [0.2, 0.25) is 0 Å². The van der Waals surface area contributed by atoms with Gasteiger partial charge in [-0.25, -0.2) is 4.79 Å². The lowest BCUT2D eigenvalue weighted by molar-refractivity contribution is 0.130. The summed E-state index contributed by atoms with van der Waals surface area (Å²) in [4.78, 5) is 11.6. The van der Waals surface area contributed by atoms with Gasteiger partial charge in [0, 0.05) is 18.9 Å². The average Bonchev–Trinajstić information content (AvgIpc) is 2.95. The fraction of sp³-hybridized carbons (Fsp3) is 0.700. The van der Waals surface area contributed by atoms with E-state index in [1.54, 1.807) is 21.5 Å². The molecular formula is C10H16N2O2. The first-order chi connectivity index (χ1) is 6.72. The van der Waals surface area contributed by atoms with Crippen LogP contribution < -0.4 is 5.69 Å². The first-order valence-corrected chi connectivity index (χ1v) is 5.16. The van der Waals surface area contributed by atoms with E-state index in [0.29, 0.717) is 19.0 Å². The van der Waals surface area contributed by atoms with Crippen molar-refractivity contribution in [2.24, 2.45) is 5.92 Å². The van der Waals surface area contributed by atoms with Crippen molar-refractivity contribution in [3.05, 3.63) is 22.9 Å². The molecule has 0 bridgehead atoms. The maximum Gasteiger partial charge on any atom is 0.328 e. The Kier molecular flexibility index (Phi) is 2.46. The minimum absolute atomic E-state index is 0.0211. The SMILES string of the molecule is CCn1ccn(CC(O)C2CC2)c1=O. The van der Waals surface area contributed by atoms with Crippen LogP contribution in [0.15, 0.2) is 17.2 Å². The van der Waals surface area contributed by atoms with Crippen LogP contribution in [0.4, 0.5) is 0 Å². The highest BCUT2D eigenvalue weighted by atomic mass is 16.3. The second-order valence-electron chi connectivity index (χ2n) is 3.92. The molecule has 0 saturated heterocycles. The quantitative estimate of drug-likeness (QED) is 0.759.